The van der Waals surface area contributed by atoms with E-state index in [1.807, 2.05) is 11.6 Å². The Morgan fingerprint density at radius 2 is 2.61 bits per heavy atom. The standard InChI is InChI=1S/C10H14BrN3O4/c1-14-4-7(11)13-9(14)10(17-5-8(15)16)2-3-18-12-6-10/h4,12H,2-3,5-6H2,1H3,(H,15,16). The van der Waals surface area contributed by atoms with E-state index in [2.05, 4.69) is 26.4 Å². The summed E-state index contributed by atoms with van der Waals surface area (Å²) in [5.41, 5.74) is 1.97. The van der Waals surface area contributed by atoms with Crippen LogP contribution in [0.3, 0.4) is 0 Å². The van der Waals surface area contributed by atoms with Gasteiger partial charge in [-0.2, -0.15) is 5.48 Å². The van der Waals surface area contributed by atoms with Gasteiger partial charge < -0.3 is 19.2 Å². The lowest BCUT2D eigenvalue weighted by molar-refractivity contribution is -0.167. The lowest BCUT2D eigenvalue weighted by atomic mass is 9.98. The van der Waals surface area contributed by atoms with Gasteiger partial charge in [0.1, 0.15) is 22.6 Å². The van der Waals surface area contributed by atoms with Crippen LogP contribution in [0.2, 0.25) is 0 Å². The number of aromatic nitrogens is 2. The van der Waals surface area contributed by atoms with Gasteiger partial charge in [0.15, 0.2) is 0 Å². The van der Waals surface area contributed by atoms with Gasteiger partial charge in [0.25, 0.3) is 0 Å². The lowest BCUT2D eigenvalue weighted by Crippen LogP contribution is -2.48. The number of carboxylic acids is 1. The summed E-state index contributed by atoms with van der Waals surface area (Å²) >= 11 is 3.30. The van der Waals surface area contributed by atoms with Crippen LogP contribution in [0.1, 0.15) is 12.2 Å². The Morgan fingerprint density at radius 1 is 1.83 bits per heavy atom. The van der Waals surface area contributed by atoms with Crippen LogP contribution in [-0.4, -0.2) is 40.4 Å². The fraction of sp³-hybridized carbons (Fsp3) is 0.600. The predicted octanol–water partition coefficient (Wildman–Crippen LogP) is 0.404. The number of nitrogens with zero attached hydrogens (tertiary/aromatic N) is 2. The Balaban J connectivity index is 2.28. The highest BCUT2D eigenvalue weighted by Gasteiger charge is 2.40. The number of hydroxylamine groups is 1. The molecule has 100 valence electrons. The summed E-state index contributed by atoms with van der Waals surface area (Å²) < 4.78 is 8.07. The van der Waals surface area contributed by atoms with Gasteiger partial charge in [-0.05, 0) is 15.9 Å². The van der Waals surface area contributed by atoms with Crippen molar-refractivity contribution in [2.45, 2.75) is 12.0 Å². The summed E-state index contributed by atoms with van der Waals surface area (Å²) in [6.45, 7) is 0.424. The van der Waals surface area contributed by atoms with Crippen molar-refractivity contribution < 1.29 is 19.5 Å². The summed E-state index contributed by atoms with van der Waals surface area (Å²) in [6, 6.07) is 0. The molecular formula is C10H14BrN3O4. The van der Waals surface area contributed by atoms with Crippen molar-refractivity contribution in [3.63, 3.8) is 0 Å². The third-order valence-corrected chi connectivity index (χ3v) is 3.18. The average Bonchev–Trinajstić information content (AvgIpc) is 2.68. The number of imidazole rings is 1. The number of hydrogen-bond acceptors (Lipinski definition) is 5. The van der Waals surface area contributed by atoms with Crippen LogP contribution in [0.25, 0.3) is 0 Å². The maximum Gasteiger partial charge on any atom is 0.329 e. The van der Waals surface area contributed by atoms with Gasteiger partial charge >= 0.3 is 5.97 Å². The SMILES string of the molecule is Cn1cc(Br)nc1C1(OCC(=O)O)CCONC1. The predicted molar refractivity (Wildman–Crippen MR) is 64.7 cm³/mol. The van der Waals surface area contributed by atoms with E-state index in [1.54, 1.807) is 6.20 Å². The molecule has 2 N–H and O–H groups in total. The number of rotatable bonds is 4. The smallest absolute Gasteiger partial charge is 0.329 e. The number of aliphatic carboxylic acids is 1. The largest absolute Gasteiger partial charge is 0.480 e. The molecule has 0 aliphatic carbocycles. The number of carbonyl (C=O) groups is 1. The van der Waals surface area contributed by atoms with Gasteiger partial charge in [-0.25, -0.2) is 9.78 Å². The molecule has 7 nitrogen and oxygen atoms in total. The van der Waals surface area contributed by atoms with Gasteiger partial charge in [0.05, 0.1) is 13.2 Å². The van der Waals surface area contributed by atoms with Crippen molar-refractivity contribution in [1.29, 1.82) is 0 Å². The van der Waals surface area contributed by atoms with Crippen LogP contribution in [0, 0.1) is 0 Å². The van der Waals surface area contributed by atoms with Crippen molar-refractivity contribution in [2.24, 2.45) is 7.05 Å². The van der Waals surface area contributed by atoms with Gasteiger partial charge in [-0.15, -0.1) is 0 Å². The van der Waals surface area contributed by atoms with E-state index in [0.29, 0.717) is 30.0 Å². The fourth-order valence-electron chi connectivity index (χ4n) is 1.98. The maximum absolute atomic E-state index is 10.7. The normalized spacial score (nSPS) is 24.1. The molecule has 0 amide bonds. The number of ether oxygens (including phenoxy) is 1. The Hall–Kier alpha value is -0.960. The highest BCUT2D eigenvalue weighted by atomic mass is 79.9. The zero-order valence-corrected chi connectivity index (χ0v) is 11.4. The Kier molecular flexibility index (Phi) is 4.00. The fourth-order valence-corrected chi connectivity index (χ4v) is 2.45. The first-order valence-electron chi connectivity index (χ1n) is 5.43. The zero-order valence-electron chi connectivity index (χ0n) is 9.85. The van der Waals surface area contributed by atoms with E-state index < -0.39 is 11.6 Å². The number of carboxylic acid groups (broad SMARTS) is 1. The molecule has 1 aliphatic rings. The molecule has 0 radical (unpaired) electrons. The van der Waals surface area contributed by atoms with Crippen LogP contribution < -0.4 is 5.48 Å². The number of aryl methyl sites for hydroxylation is 1. The molecule has 1 aliphatic heterocycles. The highest BCUT2D eigenvalue weighted by molar-refractivity contribution is 9.10. The molecule has 2 rings (SSSR count). The topological polar surface area (TPSA) is 85.6 Å². The second-order valence-electron chi connectivity index (χ2n) is 4.09. The van der Waals surface area contributed by atoms with Crippen molar-refractivity contribution in [3.8, 4) is 0 Å². The maximum atomic E-state index is 10.7. The van der Waals surface area contributed by atoms with E-state index >= 15 is 0 Å². The first-order chi connectivity index (χ1) is 8.53. The molecule has 1 atom stereocenters. The molecule has 8 heteroatoms. The quantitative estimate of drug-likeness (QED) is 0.835. The van der Waals surface area contributed by atoms with Crippen molar-refractivity contribution in [3.05, 3.63) is 16.6 Å². The molecule has 0 bridgehead atoms. The Labute approximate surface area is 112 Å². The van der Waals surface area contributed by atoms with Gasteiger partial charge in [-0.1, -0.05) is 0 Å². The first kappa shape index (κ1) is 13.5. The number of hydrogen-bond donors (Lipinski definition) is 2. The van der Waals surface area contributed by atoms with Crippen LogP contribution in [0.15, 0.2) is 10.8 Å². The third kappa shape index (κ3) is 2.72. The summed E-state index contributed by atoms with van der Waals surface area (Å²) in [5, 5.41) is 8.77. The average molecular weight is 320 g/mol. The molecule has 1 aromatic heterocycles. The van der Waals surface area contributed by atoms with Crippen molar-refractivity contribution >= 4 is 21.9 Å². The Bertz CT molecular complexity index is 442. The van der Waals surface area contributed by atoms with Crippen LogP contribution in [-0.2, 0) is 27.0 Å². The molecule has 0 aromatic carbocycles. The summed E-state index contributed by atoms with van der Waals surface area (Å²) in [7, 11) is 1.84. The summed E-state index contributed by atoms with van der Waals surface area (Å²) in [6.07, 6.45) is 2.35. The van der Waals surface area contributed by atoms with Crippen molar-refractivity contribution in [1.82, 2.24) is 15.0 Å². The number of nitrogens with one attached hydrogen (secondary N) is 1. The van der Waals surface area contributed by atoms with E-state index in [-0.39, 0.29) is 6.61 Å². The highest BCUT2D eigenvalue weighted by Crippen LogP contribution is 2.31. The first-order valence-corrected chi connectivity index (χ1v) is 6.22. The number of halogens is 1. The zero-order chi connectivity index (χ0) is 13.2. The van der Waals surface area contributed by atoms with Crippen molar-refractivity contribution in [2.75, 3.05) is 19.8 Å². The minimum absolute atomic E-state index is 0.359. The monoisotopic (exact) mass is 319 g/mol. The van der Waals surface area contributed by atoms with E-state index in [1.165, 1.54) is 0 Å². The second kappa shape index (κ2) is 5.35. The van der Waals surface area contributed by atoms with Gasteiger partial charge in [0, 0.05) is 19.7 Å². The second-order valence-corrected chi connectivity index (χ2v) is 4.91. The van der Waals surface area contributed by atoms with E-state index in [4.69, 9.17) is 14.7 Å². The molecule has 0 spiro atoms. The Morgan fingerprint density at radius 3 is 3.11 bits per heavy atom. The van der Waals surface area contributed by atoms with Crippen LogP contribution in [0.4, 0.5) is 0 Å². The minimum atomic E-state index is -1.01. The molecule has 2 heterocycles. The van der Waals surface area contributed by atoms with Gasteiger partial charge in [-0.3, -0.25) is 0 Å². The molecular weight excluding hydrogens is 306 g/mol. The molecule has 1 saturated heterocycles. The molecule has 1 fully saturated rings. The molecule has 0 saturated carbocycles. The summed E-state index contributed by atoms with van der Waals surface area (Å²) in [4.78, 5) is 20.1. The molecule has 18 heavy (non-hydrogen) atoms. The third-order valence-electron chi connectivity index (χ3n) is 2.79. The van der Waals surface area contributed by atoms with Crippen LogP contribution >= 0.6 is 15.9 Å². The molecule has 1 aromatic rings. The van der Waals surface area contributed by atoms with Crippen LogP contribution in [0.5, 0.6) is 0 Å². The van der Waals surface area contributed by atoms with E-state index in [0.717, 1.165) is 0 Å². The molecule has 1 unspecified atom stereocenters. The van der Waals surface area contributed by atoms with Gasteiger partial charge in [0.2, 0.25) is 0 Å². The lowest BCUT2D eigenvalue weighted by Gasteiger charge is -2.35. The van der Waals surface area contributed by atoms with E-state index in [9.17, 15) is 4.79 Å². The minimum Gasteiger partial charge on any atom is -0.480 e. The summed E-state index contributed by atoms with van der Waals surface area (Å²) in [5.74, 6) is -0.333.